The van der Waals surface area contributed by atoms with Crippen molar-refractivity contribution < 1.29 is 17.9 Å². The van der Waals surface area contributed by atoms with Crippen LogP contribution in [0.4, 0.5) is 10.5 Å². The van der Waals surface area contributed by atoms with Gasteiger partial charge in [0, 0.05) is 30.9 Å². The third kappa shape index (κ3) is 5.10. The number of hydrogen-bond acceptors (Lipinski definition) is 5. The lowest BCUT2D eigenvalue weighted by Crippen LogP contribution is -2.46. The maximum Gasteiger partial charge on any atom is 0.322 e. The zero-order valence-corrected chi connectivity index (χ0v) is 15.2. The lowest BCUT2D eigenvalue weighted by molar-refractivity contribution is 0.186. The van der Waals surface area contributed by atoms with Crippen LogP contribution in [0.5, 0.6) is 5.75 Å². The van der Waals surface area contributed by atoms with E-state index in [0.29, 0.717) is 30.9 Å². The smallest absolute Gasteiger partial charge is 0.322 e. The van der Waals surface area contributed by atoms with Crippen molar-refractivity contribution >= 4 is 21.6 Å². The Balaban J connectivity index is 2.11. The van der Waals surface area contributed by atoms with E-state index in [1.165, 1.54) is 0 Å². The summed E-state index contributed by atoms with van der Waals surface area (Å²) in [4.78, 5) is 16.3. The SMILES string of the molecule is COc1cccc(NC(=O)N(CCN(C)C)C2CCS(=O)(=O)C2)c1. The van der Waals surface area contributed by atoms with E-state index in [1.807, 2.05) is 19.0 Å². The van der Waals surface area contributed by atoms with Gasteiger partial charge >= 0.3 is 6.03 Å². The second-order valence-corrected chi connectivity index (χ2v) is 8.44. The Hall–Kier alpha value is -1.80. The number of ether oxygens (including phenoxy) is 1. The first-order valence-corrected chi connectivity index (χ1v) is 9.70. The molecule has 0 radical (unpaired) electrons. The first-order valence-electron chi connectivity index (χ1n) is 7.87. The fourth-order valence-electron chi connectivity index (χ4n) is 2.67. The number of rotatable bonds is 6. The highest BCUT2D eigenvalue weighted by molar-refractivity contribution is 7.91. The third-order valence-corrected chi connectivity index (χ3v) is 5.77. The molecule has 0 bridgehead atoms. The Morgan fingerprint density at radius 2 is 2.08 bits per heavy atom. The second kappa shape index (κ2) is 7.85. The van der Waals surface area contributed by atoms with Gasteiger partial charge in [0.25, 0.3) is 0 Å². The van der Waals surface area contributed by atoms with Gasteiger partial charge in [-0.3, -0.25) is 0 Å². The van der Waals surface area contributed by atoms with Crippen molar-refractivity contribution in [2.24, 2.45) is 0 Å². The van der Waals surface area contributed by atoms with Crippen LogP contribution in [-0.4, -0.2) is 76.1 Å². The van der Waals surface area contributed by atoms with Gasteiger partial charge in [-0.15, -0.1) is 0 Å². The number of anilines is 1. The number of urea groups is 1. The standard InChI is InChI=1S/C16H25N3O4S/c1-18(2)8-9-19(14-7-10-24(21,22)12-14)16(20)17-13-5-4-6-15(11-13)23-3/h4-6,11,14H,7-10,12H2,1-3H3,(H,17,20). The largest absolute Gasteiger partial charge is 0.497 e. The molecule has 0 saturated carbocycles. The molecular weight excluding hydrogens is 330 g/mol. The fourth-order valence-corrected chi connectivity index (χ4v) is 4.41. The van der Waals surface area contributed by atoms with Crippen molar-refractivity contribution in [2.75, 3.05) is 51.1 Å². The Bertz CT molecular complexity index is 676. The van der Waals surface area contributed by atoms with Gasteiger partial charge in [0.1, 0.15) is 5.75 Å². The van der Waals surface area contributed by atoms with E-state index in [2.05, 4.69) is 5.32 Å². The van der Waals surface area contributed by atoms with Crippen LogP contribution in [0.3, 0.4) is 0 Å². The van der Waals surface area contributed by atoms with Crippen molar-refractivity contribution in [3.05, 3.63) is 24.3 Å². The number of nitrogens with zero attached hydrogens (tertiary/aromatic N) is 2. The van der Waals surface area contributed by atoms with Gasteiger partial charge in [-0.1, -0.05) is 6.07 Å². The molecule has 1 aliphatic heterocycles. The molecule has 1 saturated heterocycles. The van der Waals surface area contributed by atoms with Gasteiger partial charge in [0.05, 0.1) is 18.6 Å². The number of nitrogens with one attached hydrogen (secondary N) is 1. The minimum absolute atomic E-state index is 0.0337. The van der Waals surface area contributed by atoms with E-state index in [9.17, 15) is 13.2 Å². The molecule has 1 heterocycles. The summed E-state index contributed by atoms with van der Waals surface area (Å²) in [5, 5.41) is 2.84. The lowest BCUT2D eigenvalue weighted by Gasteiger charge is -2.29. The molecule has 134 valence electrons. The van der Waals surface area contributed by atoms with Gasteiger partial charge in [-0.2, -0.15) is 0 Å². The fraction of sp³-hybridized carbons (Fsp3) is 0.562. The van der Waals surface area contributed by atoms with E-state index < -0.39 is 9.84 Å². The molecule has 0 aliphatic carbocycles. The average Bonchev–Trinajstić information content (AvgIpc) is 2.87. The van der Waals surface area contributed by atoms with E-state index >= 15 is 0 Å². The Morgan fingerprint density at radius 1 is 1.33 bits per heavy atom. The molecule has 7 nitrogen and oxygen atoms in total. The van der Waals surface area contributed by atoms with Crippen LogP contribution >= 0.6 is 0 Å². The Kier molecular flexibility index (Phi) is 6.06. The molecular formula is C16H25N3O4S. The molecule has 0 spiro atoms. The summed E-state index contributed by atoms with van der Waals surface area (Å²) in [7, 11) is 2.35. The van der Waals surface area contributed by atoms with Crippen LogP contribution in [0.2, 0.25) is 0 Å². The molecule has 2 amide bonds. The average molecular weight is 355 g/mol. The number of hydrogen-bond donors (Lipinski definition) is 1. The van der Waals surface area contributed by atoms with Crippen LogP contribution in [0.25, 0.3) is 0 Å². The number of carbonyl (C=O) groups excluding carboxylic acids is 1. The highest BCUT2D eigenvalue weighted by Gasteiger charge is 2.34. The lowest BCUT2D eigenvalue weighted by atomic mass is 10.2. The molecule has 1 atom stereocenters. The summed E-state index contributed by atoms with van der Waals surface area (Å²) in [6.45, 7) is 1.14. The topological polar surface area (TPSA) is 79.0 Å². The number of carbonyl (C=O) groups is 1. The van der Waals surface area contributed by atoms with Crippen LogP contribution in [0.15, 0.2) is 24.3 Å². The number of benzene rings is 1. The molecule has 1 aromatic rings. The summed E-state index contributed by atoms with van der Waals surface area (Å²) in [5.41, 5.74) is 0.620. The van der Waals surface area contributed by atoms with Crippen molar-refractivity contribution in [3.8, 4) is 5.75 Å². The summed E-state index contributed by atoms with van der Waals surface area (Å²) in [6, 6.07) is 6.53. The van der Waals surface area contributed by atoms with Crippen molar-refractivity contribution in [2.45, 2.75) is 12.5 Å². The maximum atomic E-state index is 12.7. The van der Waals surface area contributed by atoms with Crippen LogP contribution in [0, 0.1) is 0 Å². The highest BCUT2D eigenvalue weighted by atomic mass is 32.2. The summed E-state index contributed by atoms with van der Waals surface area (Å²) < 4.78 is 28.7. The first-order chi connectivity index (χ1) is 11.3. The molecule has 2 rings (SSSR count). The monoisotopic (exact) mass is 355 g/mol. The van der Waals surface area contributed by atoms with Crippen molar-refractivity contribution in [1.29, 1.82) is 0 Å². The van der Waals surface area contributed by atoms with Crippen LogP contribution in [0.1, 0.15) is 6.42 Å². The highest BCUT2D eigenvalue weighted by Crippen LogP contribution is 2.21. The van der Waals surface area contributed by atoms with E-state index in [4.69, 9.17) is 4.74 Å². The van der Waals surface area contributed by atoms with E-state index in [1.54, 1.807) is 36.3 Å². The molecule has 1 N–H and O–H groups in total. The zero-order valence-electron chi connectivity index (χ0n) is 14.4. The number of methoxy groups -OCH3 is 1. The van der Waals surface area contributed by atoms with Gasteiger partial charge in [0.2, 0.25) is 0 Å². The number of likely N-dealkylation sites (N-methyl/N-ethyl adjacent to an activating group) is 1. The van der Waals surface area contributed by atoms with Crippen molar-refractivity contribution in [3.63, 3.8) is 0 Å². The number of sulfone groups is 1. The normalized spacial score (nSPS) is 19.2. The zero-order chi connectivity index (χ0) is 17.7. The van der Waals surface area contributed by atoms with Crippen molar-refractivity contribution in [1.82, 2.24) is 9.80 Å². The molecule has 1 aliphatic rings. The first kappa shape index (κ1) is 18.5. The number of amides is 2. The predicted octanol–water partition coefficient (Wildman–Crippen LogP) is 1.28. The summed E-state index contributed by atoms with van der Waals surface area (Å²) in [6.07, 6.45) is 0.487. The summed E-state index contributed by atoms with van der Waals surface area (Å²) >= 11 is 0. The van der Waals surface area contributed by atoms with Crippen LogP contribution in [-0.2, 0) is 9.84 Å². The van der Waals surface area contributed by atoms with Gasteiger partial charge < -0.3 is 19.9 Å². The molecule has 0 aromatic heterocycles. The minimum Gasteiger partial charge on any atom is -0.497 e. The molecule has 8 heteroatoms. The molecule has 1 aromatic carbocycles. The molecule has 1 fully saturated rings. The third-order valence-electron chi connectivity index (χ3n) is 4.02. The van der Waals surface area contributed by atoms with Gasteiger partial charge in [-0.25, -0.2) is 13.2 Å². The predicted molar refractivity (Wildman–Crippen MR) is 94.3 cm³/mol. The van der Waals surface area contributed by atoms with Gasteiger partial charge in [-0.05, 0) is 32.6 Å². The molecule has 24 heavy (non-hydrogen) atoms. The minimum atomic E-state index is -3.05. The second-order valence-electron chi connectivity index (χ2n) is 6.22. The summed E-state index contributed by atoms with van der Waals surface area (Å²) in [5.74, 6) is 0.824. The van der Waals surface area contributed by atoms with E-state index in [-0.39, 0.29) is 23.6 Å². The maximum absolute atomic E-state index is 12.7. The Morgan fingerprint density at radius 3 is 2.67 bits per heavy atom. The quantitative estimate of drug-likeness (QED) is 0.832. The van der Waals surface area contributed by atoms with E-state index in [0.717, 1.165) is 0 Å². The molecule has 1 unspecified atom stereocenters. The Labute approximate surface area is 143 Å². The van der Waals surface area contributed by atoms with Gasteiger partial charge in [0.15, 0.2) is 9.84 Å². The van der Waals surface area contributed by atoms with Crippen LogP contribution < -0.4 is 10.1 Å².